The van der Waals surface area contributed by atoms with Gasteiger partial charge in [-0.25, -0.2) is 4.79 Å². The van der Waals surface area contributed by atoms with Crippen molar-refractivity contribution < 1.29 is 14.6 Å². The van der Waals surface area contributed by atoms with Gasteiger partial charge in [-0.3, -0.25) is 0 Å². The Morgan fingerprint density at radius 2 is 1.94 bits per heavy atom. The molecule has 0 saturated carbocycles. The fraction of sp³-hybridized carbons (Fsp3) is 0.154. The number of benzene rings is 2. The summed E-state index contributed by atoms with van der Waals surface area (Å²) in [4.78, 5) is 10.9. The van der Waals surface area contributed by atoms with Gasteiger partial charge in [0.1, 0.15) is 5.75 Å². The minimum absolute atomic E-state index is 0.256. The highest BCUT2D eigenvalue weighted by Gasteiger charge is 2.18. The number of aliphatic carboxylic acids is 1. The number of hydrogen-bond donors (Lipinski definition) is 1. The first-order valence-electron chi connectivity index (χ1n) is 5.15. The van der Waals surface area contributed by atoms with Gasteiger partial charge < -0.3 is 9.84 Å². The Kier molecular flexibility index (Phi) is 3.64. The molecule has 0 aliphatic rings. The molecule has 1 atom stereocenters. The maximum Gasteiger partial charge on any atom is 0.345 e. The predicted octanol–water partition coefficient (Wildman–Crippen LogP) is 3.07. The van der Waals surface area contributed by atoms with Crippen molar-refractivity contribution in [3.05, 3.63) is 42.5 Å². The van der Waals surface area contributed by atoms with Gasteiger partial charge in [-0.1, -0.05) is 52.3 Å². The van der Waals surface area contributed by atoms with Crippen LogP contribution in [0.3, 0.4) is 0 Å². The number of halogens is 1. The van der Waals surface area contributed by atoms with E-state index in [1.807, 2.05) is 36.4 Å². The Morgan fingerprint density at radius 3 is 2.65 bits per heavy atom. The molecule has 1 N–H and O–H groups in total. The monoisotopic (exact) mass is 294 g/mol. The zero-order valence-corrected chi connectivity index (χ0v) is 10.6. The molecular weight excluding hydrogens is 284 g/mol. The summed E-state index contributed by atoms with van der Waals surface area (Å²) in [6, 6.07) is 13.3. The number of carboxylic acids is 1. The zero-order valence-electron chi connectivity index (χ0n) is 8.97. The third-order valence-corrected chi connectivity index (χ3v) is 3.02. The second-order valence-electron chi connectivity index (χ2n) is 3.58. The second kappa shape index (κ2) is 5.19. The molecule has 2 aromatic rings. The van der Waals surface area contributed by atoms with Crippen LogP contribution >= 0.6 is 15.9 Å². The van der Waals surface area contributed by atoms with Gasteiger partial charge in [0.25, 0.3) is 0 Å². The van der Waals surface area contributed by atoms with Gasteiger partial charge in [0.15, 0.2) is 0 Å². The van der Waals surface area contributed by atoms with E-state index in [2.05, 4.69) is 15.9 Å². The standard InChI is InChI=1S/C13H11BrO3/c14-8-12(13(15)16)17-11-7-3-5-9-4-1-2-6-10(9)11/h1-7,12H,8H2,(H,15,16). The van der Waals surface area contributed by atoms with E-state index in [1.54, 1.807) is 6.07 Å². The summed E-state index contributed by atoms with van der Waals surface area (Å²) in [6.45, 7) is 0. The first-order chi connectivity index (χ1) is 8.22. The van der Waals surface area contributed by atoms with Crippen molar-refractivity contribution in [2.75, 3.05) is 5.33 Å². The van der Waals surface area contributed by atoms with Crippen LogP contribution in [0, 0.1) is 0 Å². The molecule has 0 bridgehead atoms. The van der Waals surface area contributed by atoms with Crippen molar-refractivity contribution in [3.8, 4) is 5.75 Å². The number of carbonyl (C=O) groups is 1. The highest BCUT2D eigenvalue weighted by atomic mass is 79.9. The Hall–Kier alpha value is -1.55. The molecule has 88 valence electrons. The van der Waals surface area contributed by atoms with Crippen molar-refractivity contribution in [2.45, 2.75) is 6.10 Å². The molecule has 0 spiro atoms. The summed E-state index contributed by atoms with van der Waals surface area (Å²) in [6.07, 6.45) is -0.874. The number of fused-ring (bicyclic) bond motifs is 1. The molecule has 2 rings (SSSR count). The third kappa shape index (κ3) is 2.58. The molecule has 0 aliphatic heterocycles. The number of ether oxygens (including phenoxy) is 1. The SMILES string of the molecule is O=C(O)C(CBr)Oc1cccc2ccccc12. The highest BCUT2D eigenvalue weighted by molar-refractivity contribution is 9.09. The topological polar surface area (TPSA) is 46.5 Å². The minimum Gasteiger partial charge on any atom is -0.478 e. The van der Waals surface area contributed by atoms with Crippen LogP contribution in [0.15, 0.2) is 42.5 Å². The molecule has 3 nitrogen and oxygen atoms in total. The number of carboxylic acid groups (broad SMARTS) is 1. The first kappa shape index (κ1) is 11.9. The summed E-state index contributed by atoms with van der Waals surface area (Å²) in [5, 5.41) is 11.2. The Balaban J connectivity index is 2.38. The molecule has 17 heavy (non-hydrogen) atoms. The van der Waals surface area contributed by atoms with Crippen LogP contribution < -0.4 is 4.74 Å². The van der Waals surface area contributed by atoms with E-state index < -0.39 is 12.1 Å². The lowest BCUT2D eigenvalue weighted by Crippen LogP contribution is -2.28. The summed E-state index contributed by atoms with van der Waals surface area (Å²) < 4.78 is 5.49. The second-order valence-corrected chi connectivity index (χ2v) is 4.22. The van der Waals surface area contributed by atoms with Crippen LogP contribution in [0.5, 0.6) is 5.75 Å². The fourth-order valence-electron chi connectivity index (χ4n) is 1.60. The quantitative estimate of drug-likeness (QED) is 0.882. The van der Waals surface area contributed by atoms with E-state index in [4.69, 9.17) is 9.84 Å². The maximum atomic E-state index is 10.9. The van der Waals surface area contributed by atoms with E-state index in [0.29, 0.717) is 5.75 Å². The van der Waals surface area contributed by atoms with E-state index in [9.17, 15) is 4.79 Å². The van der Waals surface area contributed by atoms with Crippen LogP contribution in [0.4, 0.5) is 0 Å². The molecule has 0 amide bonds. The molecular formula is C13H11BrO3. The molecule has 4 heteroatoms. The van der Waals surface area contributed by atoms with Crippen LogP contribution in [-0.4, -0.2) is 22.5 Å². The number of hydrogen-bond acceptors (Lipinski definition) is 2. The Labute approximate surface area is 107 Å². The number of alkyl halides is 1. The van der Waals surface area contributed by atoms with Gasteiger partial charge in [-0.15, -0.1) is 0 Å². The molecule has 2 aromatic carbocycles. The van der Waals surface area contributed by atoms with Gasteiger partial charge in [-0.05, 0) is 11.5 Å². The Bertz CT molecular complexity index is 534. The Morgan fingerprint density at radius 1 is 1.24 bits per heavy atom. The number of rotatable bonds is 4. The molecule has 0 saturated heterocycles. The van der Waals surface area contributed by atoms with Crippen molar-refractivity contribution >= 4 is 32.7 Å². The molecule has 0 aliphatic carbocycles. The fourth-order valence-corrected chi connectivity index (χ4v) is 2.01. The van der Waals surface area contributed by atoms with Crippen LogP contribution in [0.1, 0.15) is 0 Å². The van der Waals surface area contributed by atoms with Crippen LogP contribution in [0.25, 0.3) is 10.8 Å². The molecule has 0 heterocycles. The van der Waals surface area contributed by atoms with Crippen molar-refractivity contribution in [3.63, 3.8) is 0 Å². The van der Waals surface area contributed by atoms with E-state index in [1.165, 1.54) is 0 Å². The maximum absolute atomic E-state index is 10.9. The average Bonchev–Trinajstić information content (AvgIpc) is 2.35. The lowest BCUT2D eigenvalue weighted by atomic mass is 10.1. The van der Waals surface area contributed by atoms with E-state index >= 15 is 0 Å². The first-order valence-corrected chi connectivity index (χ1v) is 6.27. The highest BCUT2D eigenvalue weighted by Crippen LogP contribution is 2.26. The summed E-state index contributed by atoms with van der Waals surface area (Å²) in [7, 11) is 0. The smallest absolute Gasteiger partial charge is 0.345 e. The zero-order chi connectivity index (χ0) is 12.3. The van der Waals surface area contributed by atoms with Gasteiger partial charge >= 0.3 is 5.97 Å². The normalized spacial score (nSPS) is 12.3. The van der Waals surface area contributed by atoms with Crippen LogP contribution in [0.2, 0.25) is 0 Å². The van der Waals surface area contributed by atoms with Gasteiger partial charge in [0.05, 0.1) is 5.33 Å². The molecule has 1 unspecified atom stereocenters. The van der Waals surface area contributed by atoms with Crippen molar-refractivity contribution in [1.29, 1.82) is 0 Å². The van der Waals surface area contributed by atoms with E-state index in [0.717, 1.165) is 10.8 Å². The summed E-state index contributed by atoms with van der Waals surface area (Å²) in [5.74, 6) is -0.384. The lowest BCUT2D eigenvalue weighted by molar-refractivity contribution is -0.143. The summed E-state index contributed by atoms with van der Waals surface area (Å²) in [5.41, 5.74) is 0. The predicted molar refractivity (Wildman–Crippen MR) is 69.8 cm³/mol. The summed E-state index contributed by atoms with van der Waals surface area (Å²) >= 11 is 3.13. The largest absolute Gasteiger partial charge is 0.478 e. The van der Waals surface area contributed by atoms with Gasteiger partial charge in [0, 0.05) is 5.39 Å². The molecule has 0 radical (unpaired) electrons. The van der Waals surface area contributed by atoms with Crippen molar-refractivity contribution in [2.24, 2.45) is 0 Å². The van der Waals surface area contributed by atoms with E-state index in [-0.39, 0.29) is 5.33 Å². The minimum atomic E-state index is -0.977. The van der Waals surface area contributed by atoms with Gasteiger partial charge in [0.2, 0.25) is 6.10 Å². The van der Waals surface area contributed by atoms with Crippen LogP contribution in [-0.2, 0) is 4.79 Å². The lowest BCUT2D eigenvalue weighted by Gasteiger charge is -2.14. The average molecular weight is 295 g/mol. The van der Waals surface area contributed by atoms with Gasteiger partial charge in [-0.2, -0.15) is 0 Å². The molecule has 0 fully saturated rings. The molecule has 0 aromatic heterocycles. The third-order valence-electron chi connectivity index (χ3n) is 2.43. The van der Waals surface area contributed by atoms with Crippen molar-refractivity contribution in [1.82, 2.24) is 0 Å².